The molecule has 2 fully saturated rings. The van der Waals surface area contributed by atoms with E-state index < -0.39 is 0 Å². The Morgan fingerprint density at radius 2 is 1.65 bits per heavy atom. The number of aryl methyl sites for hydroxylation is 1. The first kappa shape index (κ1) is 21.2. The molecule has 7 heteroatoms. The number of urea groups is 1. The van der Waals surface area contributed by atoms with E-state index in [9.17, 15) is 9.59 Å². The van der Waals surface area contributed by atoms with Crippen molar-refractivity contribution in [2.24, 2.45) is 0 Å². The van der Waals surface area contributed by atoms with Crippen molar-refractivity contribution in [2.45, 2.75) is 44.9 Å². The molecule has 2 saturated heterocycles. The highest BCUT2D eigenvalue weighted by molar-refractivity contribution is 6.00. The number of piperidine rings is 1. The molecule has 0 saturated carbocycles. The van der Waals surface area contributed by atoms with E-state index in [2.05, 4.69) is 5.32 Å². The SMILES string of the molecule is COc1cc(CN2C(=O)N(Cc3ccc(C)cc3)C(=O)C3NCCCC32)cc(OC)c1. The van der Waals surface area contributed by atoms with Crippen LogP contribution in [0.5, 0.6) is 11.5 Å². The average molecular weight is 424 g/mol. The van der Waals surface area contributed by atoms with Crippen LogP contribution in [-0.4, -0.2) is 54.6 Å². The van der Waals surface area contributed by atoms with Crippen molar-refractivity contribution < 1.29 is 19.1 Å². The average Bonchev–Trinajstić information content (AvgIpc) is 2.80. The van der Waals surface area contributed by atoms with E-state index in [-0.39, 0.29) is 30.6 Å². The molecule has 2 atom stereocenters. The van der Waals surface area contributed by atoms with Crippen molar-refractivity contribution in [3.8, 4) is 11.5 Å². The van der Waals surface area contributed by atoms with E-state index >= 15 is 0 Å². The van der Waals surface area contributed by atoms with Gasteiger partial charge in [-0.1, -0.05) is 29.8 Å². The van der Waals surface area contributed by atoms with Crippen LogP contribution >= 0.6 is 0 Å². The third-order valence-electron chi connectivity index (χ3n) is 6.06. The third kappa shape index (κ3) is 4.37. The van der Waals surface area contributed by atoms with Gasteiger partial charge in [-0.05, 0) is 49.6 Å². The van der Waals surface area contributed by atoms with Crippen molar-refractivity contribution in [3.63, 3.8) is 0 Å². The molecule has 2 aromatic carbocycles. The lowest BCUT2D eigenvalue weighted by Gasteiger charge is -2.47. The molecule has 164 valence electrons. The number of methoxy groups -OCH3 is 2. The lowest BCUT2D eigenvalue weighted by atomic mass is 9.92. The van der Waals surface area contributed by atoms with Crippen molar-refractivity contribution >= 4 is 11.9 Å². The summed E-state index contributed by atoms with van der Waals surface area (Å²) < 4.78 is 10.8. The molecular weight excluding hydrogens is 394 g/mol. The Morgan fingerprint density at radius 3 is 2.29 bits per heavy atom. The van der Waals surface area contributed by atoms with Crippen LogP contribution in [0, 0.1) is 6.92 Å². The lowest BCUT2D eigenvalue weighted by molar-refractivity contribution is -0.137. The van der Waals surface area contributed by atoms with E-state index in [1.165, 1.54) is 4.90 Å². The van der Waals surface area contributed by atoms with E-state index in [1.807, 2.05) is 48.2 Å². The summed E-state index contributed by atoms with van der Waals surface area (Å²) in [6, 6.07) is 12.7. The Hall–Kier alpha value is -3.06. The highest BCUT2D eigenvalue weighted by Gasteiger charge is 2.47. The summed E-state index contributed by atoms with van der Waals surface area (Å²) in [5.74, 6) is 1.20. The van der Waals surface area contributed by atoms with E-state index in [1.54, 1.807) is 20.3 Å². The monoisotopic (exact) mass is 423 g/mol. The molecule has 3 amide bonds. The Morgan fingerprint density at radius 1 is 0.968 bits per heavy atom. The molecule has 2 aliphatic rings. The molecule has 7 nitrogen and oxygen atoms in total. The second kappa shape index (κ2) is 8.98. The van der Waals surface area contributed by atoms with Crippen LogP contribution in [0.15, 0.2) is 42.5 Å². The van der Waals surface area contributed by atoms with Gasteiger partial charge >= 0.3 is 6.03 Å². The van der Waals surface area contributed by atoms with Crippen molar-refractivity contribution in [3.05, 3.63) is 59.2 Å². The first-order valence-corrected chi connectivity index (χ1v) is 10.6. The first-order chi connectivity index (χ1) is 15.0. The summed E-state index contributed by atoms with van der Waals surface area (Å²) >= 11 is 0. The van der Waals surface area contributed by atoms with E-state index in [4.69, 9.17) is 9.47 Å². The van der Waals surface area contributed by atoms with Crippen molar-refractivity contribution in [1.29, 1.82) is 0 Å². The van der Waals surface area contributed by atoms with Gasteiger partial charge in [-0.15, -0.1) is 0 Å². The second-order valence-corrected chi connectivity index (χ2v) is 8.18. The van der Waals surface area contributed by atoms with E-state index in [0.717, 1.165) is 36.1 Å². The number of amides is 3. The van der Waals surface area contributed by atoms with Gasteiger partial charge in [-0.25, -0.2) is 4.79 Å². The largest absolute Gasteiger partial charge is 0.497 e. The predicted molar refractivity (Wildman–Crippen MR) is 117 cm³/mol. The number of nitrogens with zero attached hydrogens (tertiary/aromatic N) is 2. The summed E-state index contributed by atoms with van der Waals surface area (Å²) in [6.45, 7) is 3.44. The minimum Gasteiger partial charge on any atom is -0.497 e. The van der Waals surface area contributed by atoms with Gasteiger partial charge in [-0.3, -0.25) is 9.69 Å². The summed E-state index contributed by atoms with van der Waals surface area (Å²) in [5.41, 5.74) is 2.98. The third-order valence-corrected chi connectivity index (χ3v) is 6.06. The summed E-state index contributed by atoms with van der Waals surface area (Å²) in [4.78, 5) is 29.9. The number of imide groups is 1. The van der Waals surface area contributed by atoms with Crippen LogP contribution in [-0.2, 0) is 17.9 Å². The maximum Gasteiger partial charge on any atom is 0.327 e. The molecule has 2 heterocycles. The number of ether oxygens (including phenoxy) is 2. The summed E-state index contributed by atoms with van der Waals surface area (Å²) in [5, 5.41) is 3.34. The van der Waals surface area contributed by atoms with E-state index in [0.29, 0.717) is 18.0 Å². The number of nitrogens with one attached hydrogen (secondary N) is 1. The number of rotatable bonds is 6. The van der Waals surface area contributed by atoms with Gasteiger partial charge in [0.15, 0.2) is 0 Å². The number of benzene rings is 2. The fraction of sp³-hybridized carbons (Fsp3) is 0.417. The predicted octanol–water partition coefficient (Wildman–Crippen LogP) is 3.10. The lowest BCUT2D eigenvalue weighted by Crippen LogP contribution is -2.68. The minimum absolute atomic E-state index is 0.144. The Bertz CT molecular complexity index is 938. The number of hydrogen-bond acceptors (Lipinski definition) is 5. The summed E-state index contributed by atoms with van der Waals surface area (Å²) in [6.07, 6.45) is 1.73. The van der Waals surface area contributed by atoms with Gasteiger partial charge in [0.1, 0.15) is 17.5 Å². The molecule has 4 rings (SSSR count). The maximum absolute atomic E-state index is 13.5. The molecule has 1 N–H and O–H groups in total. The fourth-order valence-electron chi connectivity index (χ4n) is 4.38. The molecule has 0 bridgehead atoms. The van der Waals surface area contributed by atoms with Gasteiger partial charge in [0.2, 0.25) is 5.91 Å². The molecule has 31 heavy (non-hydrogen) atoms. The number of fused-ring (bicyclic) bond motifs is 1. The number of carbonyl (C=O) groups is 2. The number of carbonyl (C=O) groups excluding carboxylic acids is 2. The Balaban J connectivity index is 1.64. The molecule has 2 aromatic rings. The van der Waals surface area contributed by atoms with Gasteiger partial charge in [0.05, 0.1) is 26.8 Å². The molecule has 2 unspecified atom stereocenters. The van der Waals surface area contributed by atoms with Crippen LogP contribution in [0.3, 0.4) is 0 Å². The zero-order valence-electron chi connectivity index (χ0n) is 18.3. The summed E-state index contributed by atoms with van der Waals surface area (Å²) in [7, 11) is 3.21. The minimum atomic E-state index is -0.385. The fourth-order valence-corrected chi connectivity index (χ4v) is 4.38. The first-order valence-electron chi connectivity index (χ1n) is 10.6. The standard InChI is InChI=1S/C24H29N3O4/c1-16-6-8-17(9-7-16)14-27-23(28)22-21(5-4-10-25-22)26(24(27)29)15-18-11-19(30-2)13-20(12-18)31-3/h6-9,11-13,21-22,25H,4-5,10,14-15H2,1-3H3. The number of hydrogen-bond donors (Lipinski definition) is 1. The highest BCUT2D eigenvalue weighted by atomic mass is 16.5. The van der Waals surface area contributed by atoms with Gasteiger partial charge < -0.3 is 19.7 Å². The van der Waals surface area contributed by atoms with Gasteiger partial charge in [0.25, 0.3) is 0 Å². The van der Waals surface area contributed by atoms with Gasteiger partial charge in [0, 0.05) is 12.6 Å². The zero-order valence-corrected chi connectivity index (χ0v) is 18.3. The molecule has 2 aliphatic heterocycles. The smallest absolute Gasteiger partial charge is 0.327 e. The van der Waals surface area contributed by atoms with Crippen molar-refractivity contribution in [1.82, 2.24) is 15.1 Å². The van der Waals surface area contributed by atoms with Crippen molar-refractivity contribution in [2.75, 3.05) is 20.8 Å². The molecule has 0 spiro atoms. The Labute approximate surface area is 182 Å². The molecule has 0 radical (unpaired) electrons. The maximum atomic E-state index is 13.5. The van der Waals surface area contributed by atoms with Crippen LogP contribution in [0.1, 0.15) is 29.5 Å². The quantitative estimate of drug-likeness (QED) is 0.773. The van der Waals surface area contributed by atoms with Crippen LogP contribution in [0.2, 0.25) is 0 Å². The molecular formula is C24H29N3O4. The normalized spacial score (nSPS) is 21.1. The topological polar surface area (TPSA) is 71.1 Å². The highest BCUT2D eigenvalue weighted by Crippen LogP contribution is 2.30. The zero-order chi connectivity index (χ0) is 22.0. The molecule has 0 aromatic heterocycles. The van der Waals surface area contributed by atoms with Crippen LogP contribution in [0.4, 0.5) is 4.79 Å². The Kier molecular flexibility index (Phi) is 6.13. The van der Waals surface area contributed by atoms with Crippen LogP contribution in [0.25, 0.3) is 0 Å². The second-order valence-electron chi connectivity index (χ2n) is 8.18. The van der Waals surface area contributed by atoms with Crippen LogP contribution < -0.4 is 14.8 Å². The molecule has 0 aliphatic carbocycles. The van der Waals surface area contributed by atoms with Gasteiger partial charge in [-0.2, -0.15) is 0 Å².